The Morgan fingerprint density at radius 2 is 1.65 bits per heavy atom. The molecule has 2 aliphatic rings. The number of ketones is 1. The number of hydrogen-bond donors (Lipinski definition) is 4. The molecular weight excluding hydrogens is 594 g/mol. The van der Waals surface area contributed by atoms with E-state index in [9.17, 15) is 28.8 Å². The van der Waals surface area contributed by atoms with Gasteiger partial charge in [0.05, 0.1) is 18.2 Å². The van der Waals surface area contributed by atoms with Gasteiger partial charge >= 0.3 is 12.2 Å². The van der Waals surface area contributed by atoms with Crippen LogP contribution in [0.2, 0.25) is 0 Å². The lowest BCUT2D eigenvalue weighted by molar-refractivity contribution is -0.145. The number of piperidine rings is 1. The largest absolute Gasteiger partial charge is 0.508 e. The topological polar surface area (TPSA) is 172 Å². The van der Waals surface area contributed by atoms with Crippen molar-refractivity contribution in [1.82, 2.24) is 26.2 Å². The number of carbonyl (C=O) groups excluding carboxylic acids is 6. The van der Waals surface area contributed by atoms with Crippen molar-refractivity contribution in [2.75, 3.05) is 19.7 Å². The van der Waals surface area contributed by atoms with Gasteiger partial charge < -0.3 is 35.6 Å². The molecule has 0 aromatic rings. The number of carbonyl (C=O) groups is 6. The molecule has 260 valence electrons. The number of rotatable bonds is 15. The van der Waals surface area contributed by atoms with E-state index in [2.05, 4.69) is 27.8 Å². The molecule has 1 saturated heterocycles. The summed E-state index contributed by atoms with van der Waals surface area (Å²) in [5, 5.41) is 10.8. The van der Waals surface area contributed by atoms with Crippen LogP contribution in [0, 0.1) is 28.6 Å². The van der Waals surface area contributed by atoms with E-state index in [1.54, 1.807) is 13.8 Å². The number of hydrogen-bond acceptors (Lipinski definition) is 8. The van der Waals surface area contributed by atoms with Crippen LogP contribution < -0.4 is 21.3 Å². The van der Waals surface area contributed by atoms with Crippen LogP contribution in [0.3, 0.4) is 0 Å². The Hall–Kier alpha value is -3.64. The molecule has 3 unspecified atom stereocenters. The fraction of sp³-hybridized carbons (Fsp3) is 0.758. The Labute approximate surface area is 273 Å². The number of ether oxygens (including phenoxy) is 2. The highest BCUT2D eigenvalue weighted by atomic mass is 16.7. The summed E-state index contributed by atoms with van der Waals surface area (Å²) in [6.07, 6.45) is 1.06. The molecule has 0 spiro atoms. The SMILES string of the molecule is C=CCNC(=O)C(=O)C(CCC)NC(=O)[C@@H]1C2C(CN1C(=O)[C@@H](NC(=O)N[C@H](COC(=O)OC(C)C)C(C)C)C(C)(C)C)C2(C)C. The summed E-state index contributed by atoms with van der Waals surface area (Å²) in [5.74, 6) is -2.70. The second-order valence-electron chi connectivity index (χ2n) is 14.6. The number of Topliss-reactive ketones (excluding diaryl/α,β-unsaturated/α-hetero) is 1. The molecule has 13 heteroatoms. The zero-order chi connectivity index (χ0) is 35.1. The van der Waals surface area contributed by atoms with Gasteiger partial charge in [-0.1, -0.05) is 67.9 Å². The monoisotopic (exact) mass is 649 g/mol. The molecule has 0 aromatic heterocycles. The number of nitrogens with one attached hydrogen (secondary N) is 4. The summed E-state index contributed by atoms with van der Waals surface area (Å²) in [6, 6.07) is -4.13. The average Bonchev–Trinajstić information content (AvgIpc) is 3.26. The van der Waals surface area contributed by atoms with Crippen molar-refractivity contribution in [1.29, 1.82) is 0 Å². The summed E-state index contributed by atoms with van der Waals surface area (Å²) < 4.78 is 10.2. The third-order valence-corrected chi connectivity index (χ3v) is 8.82. The Bertz CT molecular complexity index is 1160. The summed E-state index contributed by atoms with van der Waals surface area (Å²) in [5.41, 5.74) is -0.944. The molecule has 1 heterocycles. The minimum absolute atomic E-state index is 0.0610. The summed E-state index contributed by atoms with van der Waals surface area (Å²) in [7, 11) is 0. The predicted octanol–water partition coefficient (Wildman–Crippen LogP) is 2.93. The fourth-order valence-corrected chi connectivity index (χ4v) is 5.98. The number of fused-ring (bicyclic) bond motifs is 1. The highest BCUT2D eigenvalue weighted by Gasteiger charge is 2.70. The van der Waals surface area contributed by atoms with Gasteiger partial charge in [-0.3, -0.25) is 19.2 Å². The number of nitrogens with zero attached hydrogens (tertiary/aromatic N) is 1. The van der Waals surface area contributed by atoms with E-state index in [1.165, 1.54) is 11.0 Å². The van der Waals surface area contributed by atoms with E-state index in [4.69, 9.17) is 9.47 Å². The zero-order valence-corrected chi connectivity index (χ0v) is 29.2. The molecule has 0 aromatic carbocycles. The van der Waals surface area contributed by atoms with Gasteiger partial charge in [0.15, 0.2) is 0 Å². The van der Waals surface area contributed by atoms with E-state index >= 15 is 0 Å². The van der Waals surface area contributed by atoms with Gasteiger partial charge in [-0.2, -0.15) is 0 Å². The van der Waals surface area contributed by atoms with Crippen LogP contribution in [-0.2, 0) is 28.7 Å². The lowest BCUT2D eigenvalue weighted by atomic mass is 9.85. The van der Waals surface area contributed by atoms with Crippen molar-refractivity contribution in [3.8, 4) is 0 Å². The second-order valence-corrected chi connectivity index (χ2v) is 14.6. The van der Waals surface area contributed by atoms with E-state index in [0.717, 1.165) is 0 Å². The molecule has 5 amide bonds. The van der Waals surface area contributed by atoms with Gasteiger partial charge in [0.1, 0.15) is 18.7 Å². The van der Waals surface area contributed by atoms with Crippen LogP contribution in [0.5, 0.6) is 0 Å². The molecule has 2 fully saturated rings. The summed E-state index contributed by atoms with van der Waals surface area (Å²) in [6.45, 7) is 22.3. The van der Waals surface area contributed by atoms with Gasteiger partial charge in [0, 0.05) is 13.1 Å². The maximum Gasteiger partial charge on any atom is 0.508 e. The van der Waals surface area contributed by atoms with Crippen molar-refractivity contribution in [3.05, 3.63) is 12.7 Å². The fourth-order valence-electron chi connectivity index (χ4n) is 5.98. The molecule has 2 rings (SSSR count). The Morgan fingerprint density at radius 1 is 1.02 bits per heavy atom. The number of urea groups is 1. The molecule has 13 nitrogen and oxygen atoms in total. The molecule has 0 radical (unpaired) electrons. The van der Waals surface area contributed by atoms with Crippen molar-refractivity contribution >= 4 is 35.7 Å². The predicted molar refractivity (Wildman–Crippen MR) is 172 cm³/mol. The first kappa shape index (κ1) is 38.5. The second kappa shape index (κ2) is 15.8. The third-order valence-electron chi connectivity index (χ3n) is 8.82. The first-order valence-corrected chi connectivity index (χ1v) is 16.2. The summed E-state index contributed by atoms with van der Waals surface area (Å²) >= 11 is 0. The van der Waals surface area contributed by atoms with Crippen molar-refractivity contribution in [2.45, 2.75) is 112 Å². The molecule has 1 saturated carbocycles. The first-order chi connectivity index (χ1) is 21.3. The van der Waals surface area contributed by atoms with Gasteiger partial charge in [-0.25, -0.2) is 9.59 Å². The van der Waals surface area contributed by atoms with Crippen molar-refractivity contribution in [3.63, 3.8) is 0 Å². The molecule has 6 atom stereocenters. The normalized spacial score (nSPS) is 21.7. The van der Waals surface area contributed by atoms with Crippen LogP contribution in [0.25, 0.3) is 0 Å². The van der Waals surface area contributed by atoms with E-state index in [0.29, 0.717) is 13.0 Å². The lowest BCUT2D eigenvalue weighted by Crippen LogP contribution is -2.62. The molecule has 1 aliphatic carbocycles. The third kappa shape index (κ3) is 9.68. The van der Waals surface area contributed by atoms with E-state index in [-0.39, 0.29) is 48.8 Å². The van der Waals surface area contributed by atoms with Gasteiger partial charge in [0.2, 0.25) is 17.6 Å². The van der Waals surface area contributed by atoms with Crippen LogP contribution in [0.1, 0.15) is 82.1 Å². The smallest absolute Gasteiger partial charge is 0.432 e. The lowest BCUT2D eigenvalue weighted by Gasteiger charge is -2.38. The van der Waals surface area contributed by atoms with Crippen molar-refractivity contribution < 1.29 is 38.2 Å². The quantitative estimate of drug-likeness (QED) is 0.119. The van der Waals surface area contributed by atoms with Crippen molar-refractivity contribution in [2.24, 2.45) is 28.6 Å². The number of amides is 5. The summed E-state index contributed by atoms with van der Waals surface area (Å²) in [4.78, 5) is 80.0. The molecular formula is C33H55N5O8. The Balaban J connectivity index is 2.25. The number of likely N-dealkylation sites (tertiary alicyclic amines) is 1. The first-order valence-electron chi connectivity index (χ1n) is 16.2. The van der Waals surface area contributed by atoms with E-state index < -0.39 is 65.3 Å². The van der Waals surface area contributed by atoms with Crippen LogP contribution >= 0.6 is 0 Å². The zero-order valence-electron chi connectivity index (χ0n) is 29.2. The Morgan fingerprint density at radius 3 is 2.17 bits per heavy atom. The van der Waals surface area contributed by atoms with Gasteiger partial charge in [-0.05, 0) is 48.9 Å². The van der Waals surface area contributed by atoms with Crippen LogP contribution in [0.15, 0.2) is 12.7 Å². The highest BCUT2D eigenvalue weighted by molar-refractivity contribution is 6.38. The van der Waals surface area contributed by atoms with Crippen LogP contribution in [-0.4, -0.2) is 90.6 Å². The van der Waals surface area contributed by atoms with Gasteiger partial charge in [0.25, 0.3) is 5.91 Å². The van der Waals surface area contributed by atoms with E-state index in [1.807, 2.05) is 55.4 Å². The van der Waals surface area contributed by atoms with Gasteiger partial charge in [-0.15, -0.1) is 6.58 Å². The highest BCUT2D eigenvalue weighted by Crippen LogP contribution is 2.65. The van der Waals surface area contributed by atoms with Crippen LogP contribution in [0.4, 0.5) is 9.59 Å². The maximum atomic E-state index is 14.2. The standard InChI is InChI=1S/C33H55N5O8/c1-12-14-21(25(39)28(41)34-15-13-2)35-27(40)24-23-20(33(23,10)11)16-38(24)29(42)26(32(7,8)9)37-30(43)36-22(18(3)4)17-45-31(44)46-19(5)6/h13,18-24,26H,2,12,14-17H2,1,3-11H3,(H,34,41)(H,35,40)(H2,36,37,43)/t20?,21?,22-,23?,24+,26-/m1/s1. The average molecular weight is 650 g/mol. The molecule has 1 aliphatic heterocycles. The minimum Gasteiger partial charge on any atom is -0.432 e. The maximum absolute atomic E-state index is 14.2. The Kier molecular flexibility index (Phi) is 13.2. The molecule has 46 heavy (non-hydrogen) atoms. The molecule has 4 N–H and O–H groups in total. The minimum atomic E-state index is -1.05. The molecule has 0 bridgehead atoms.